The Morgan fingerprint density at radius 2 is 1.84 bits per heavy atom. The number of rotatable bonds is 8. The number of sulfonamides is 1. The molecule has 9 heteroatoms. The first-order chi connectivity index (χ1) is 14.7. The molecular weight excluding hydrogens is 436 g/mol. The molecule has 1 amide bonds. The highest BCUT2D eigenvalue weighted by Crippen LogP contribution is 2.25. The highest BCUT2D eigenvalue weighted by atomic mass is 35.5. The number of hydrogen-bond acceptors (Lipinski definition) is 5. The number of anilines is 1. The van der Waals surface area contributed by atoms with Gasteiger partial charge in [0.05, 0.1) is 5.02 Å². The van der Waals surface area contributed by atoms with E-state index in [2.05, 4.69) is 26.9 Å². The summed E-state index contributed by atoms with van der Waals surface area (Å²) < 4.78 is 28.2. The molecule has 0 bridgehead atoms. The van der Waals surface area contributed by atoms with Crippen molar-refractivity contribution >= 4 is 33.2 Å². The number of piperazine rings is 1. The summed E-state index contributed by atoms with van der Waals surface area (Å²) in [5.41, 5.74) is 1.62. The van der Waals surface area contributed by atoms with E-state index in [1.165, 1.54) is 18.2 Å². The summed E-state index contributed by atoms with van der Waals surface area (Å²) in [4.78, 5) is 17.1. The maximum Gasteiger partial charge on any atom is 0.263 e. The molecule has 2 aromatic carbocycles. The van der Waals surface area contributed by atoms with Gasteiger partial charge in [0.25, 0.3) is 15.9 Å². The van der Waals surface area contributed by atoms with Crippen LogP contribution < -0.4 is 10.0 Å². The van der Waals surface area contributed by atoms with E-state index < -0.39 is 10.0 Å². The van der Waals surface area contributed by atoms with Crippen molar-refractivity contribution in [3.05, 3.63) is 58.6 Å². The van der Waals surface area contributed by atoms with Crippen molar-refractivity contribution in [2.75, 3.05) is 51.0 Å². The minimum atomic E-state index is -3.93. The van der Waals surface area contributed by atoms with E-state index >= 15 is 0 Å². The quantitative estimate of drug-likeness (QED) is 0.587. The fraction of sp³-hybridized carbons (Fsp3) is 0.409. The van der Waals surface area contributed by atoms with Gasteiger partial charge in [-0.15, -0.1) is 0 Å². The second-order valence-corrected chi connectivity index (χ2v) is 9.93. The van der Waals surface area contributed by atoms with Crippen molar-refractivity contribution in [1.29, 1.82) is 0 Å². The van der Waals surface area contributed by atoms with Gasteiger partial charge in [-0.1, -0.05) is 23.7 Å². The first kappa shape index (κ1) is 23.5. The number of likely N-dealkylation sites (N-methyl/N-ethyl adjacent to an activating group) is 1. The molecular formula is C22H29ClN4O3S. The Kier molecular flexibility index (Phi) is 7.94. The Hall–Kier alpha value is -2.13. The predicted octanol–water partition coefficient (Wildman–Crippen LogP) is 2.82. The summed E-state index contributed by atoms with van der Waals surface area (Å²) in [6.07, 6.45) is 0.836. The number of carbonyl (C=O) groups is 1. The Morgan fingerprint density at radius 3 is 2.55 bits per heavy atom. The molecule has 1 aliphatic heterocycles. The molecule has 7 nitrogen and oxygen atoms in total. The van der Waals surface area contributed by atoms with Crippen LogP contribution in [0.15, 0.2) is 47.4 Å². The van der Waals surface area contributed by atoms with Crippen LogP contribution >= 0.6 is 11.6 Å². The number of hydrogen-bond donors (Lipinski definition) is 2. The topological polar surface area (TPSA) is 81.7 Å². The molecule has 0 spiro atoms. The van der Waals surface area contributed by atoms with Crippen LogP contribution in [0, 0.1) is 6.92 Å². The molecule has 1 aliphatic rings. The maximum atomic E-state index is 12.8. The average Bonchev–Trinajstić information content (AvgIpc) is 2.72. The molecule has 1 heterocycles. The first-order valence-electron chi connectivity index (χ1n) is 10.3. The van der Waals surface area contributed by atoms with Gasteiger partial charge in [0.1, 0.15) is 4.90 Å². The van der Waals surface area contributed by atoms with Crippen LogP contribution in [0.3, 0.4) is 0 Å². The van der Waals surface area contributed by atoms with Crippen LogP contribution in [0.1, 0.15) is 22.3 Å². The van der Waals surface area contributed by atoms with Gasteiger partial charge in [-0.3, -0.25) is 9.52 Å². The van der Waals surface area contributed by atoms with Crippen molar-refractivity contribution in [1.82, 2.24) is 15.1 Å². The second kappa shape index (κ2) is 10.5. The van der Waals surface area contributed by atoms with E-state index in [1.807, 2.05) is 13.0 Å². The predicted molar refractivity (Wildman–Crippen MR) is 124 cm³/mol. The number of carbonyl (C=O) groups excluding carboxylic acids is 1. The largest absolute Gasteiger partial charge is 0.352 e. The van der Waals surface area contributed by atoms with Gasteiger partial charge in [0.2, 0.25) is 0 Å². The number of nitrogens with one attached hydrogen (secondary N) is 2. The van der Waals surface area contributed by atoms with Crippen LogP contribution in [-0.2, 0) is 10.0 Å². The number of aryl methyl sites for hydroxylation is 1. The molecule has 0 unspecified atom stereocenters. The summed E-state index contributed by atoms with van der Waals surface area (Å²) in [6, 6.07) is 11.3. The third-order valence-corrected chi connectivity index (χ3v) is 7.15. The lowest BCUT2D eigenvalue weighted by molar-refractivity contribution is 0.0949. The van der Waals surface area contributed by atoms with Gasteiger partial charge in [0, 0.05) is 44.0 Å². The third-order valence-electron chi connectivity index (χ3n) is 5.29. The van der Waals surface area contributed by atoms with Crippen LogP contribution in [0.4, 0.5) is 5.69 Å². The summed E-state index contributed by atoms with van der Waals surface area (Å²) >= 11 is 6.15. The summed E-state index contributed by atoms with van der Waals surface area (Å²) in [7, 11) is -1.81. The summed E-state index contributed by atoms with van der Waals surface area (Å²) in [6.45, 7) is 7.52. The van der Waals surface area contributed by atoms with E-state index in [-0.39, 0.29) is 21.4 Å². The number of nitrogens with zero attached hydrogens (tertiary/aromatic N) is 2. The van der Waals surface area contributed by atoms with Gasteiger partial charge in [-0.25, -0.2) is 8.42 Å². The van der Waals surface area contributed by atoms with Crippen molar-refractivity contribution in [3.8, 4) is 0 Å². The first-order valence-corrected chi connectivity index (χ1v) is 12.2. The third kappa shape index (κ3) is 6.67. The minimum Gasteiger partial charge on any atom is -0.352 e. The van der Waals surface area contributed by atoms with E-state index in [4.69, 9.17) is 11.6 Å². The molecule has 0 atom stereocenters. The highest BCUT2D eigenvalue weighted by molar-refractivity contribution is 7.92. The summed E-state index contributed by atoms with van der Waals surface area (Å²) in [5.74, 6) is -0.318. The zero-order valence-corrected chi connectivity index (χ0v) is 19.5. The lowest BCUT2D eigenvalue weighted by atomic mass is 10.2. The lowest BCUT2D eigenvalue weighted by Gasteiger charge is -2.32. The van der Waals surface area contributed by atoms with E-state index in [9.17, 15) is 13.2 Å². The van der Waals surface area contributed by atoms with Crippen molar-refractivity contribution in [3.63, 3.8) is 0 Å². The smallest absolute Gasteiger partial charge is 0.263 e. The van der Waals surface area contributed by atoms with E-state index in [1.54, 1.807) is 18.2 Å². The van der Waals surface area contributed by atoms with Crippen LogP contribution in [0.25, 0.3) is 0 Å². The Bertz CT molecular complexity index is 1020. The number of halogens is 1. The van der Waals surface area contributed by atoms with Crippen LogP contribution in [-0.4, -0.2) is 70.4 Å². The van der Waals surface area contributed by atoms with Crippen LogP contribution in [0.2, 0.25) is 5.02 Å². The van der Waals surface area contributed by atoms with Gasteiger partial charge < -0.3 is 15.1 Å². The van der Waals surface area contributed by atoms with E-state index in [0.29, 0.717) is 12.2 Å². The molecule has 1 saturated heterocycles. The van der Waals surface area contributed by atoms with E-state index in [0.717, 1.165) is 44.7 Å². The summed E-state index contributed by atoms with van der Waals surface area (Å²) in [5, 5.41) is 2.93. The van der Waals surface area contributed by atoms with Crippen molar-refractivity contribution in [2.45, 2.75) is 18.2 Å². The fourth-order valence-electron chi connectivity index (χ4n) is 3.45. The Balaban J connectivity index is 1.59. The Labute approximate surface area is 189 Å². The number of amides is 1. The number of benzene rings is 2. The van der Waals surface area contributed by atoms with Gasteiger partial charge in [-0.05, 0) is 62.8 Å². The molecule has 0 radical (unpaired) electrons. The van der Waals surface area contributed by atoms with Gasteiger partial charge in [0.15, 0.2) is 0 Å². The molecule has 3 rings (SSSR count). The zero-order chi connectivity index (χ0) is 22.4. The lowest BCUT2D eigenvalue weighted by Crippen LogP contribution is -2.45. The molecule has 0 saturated carbocycles. The second-order valence-electron chi connectivity index (χ2n) is 7.87. The SMILES string of the molecule is Cc1cccc(NS(=O)(=O)c2cc(C(=O)NCCCN3CCN(C)CC3)ccc2Cl)c1. The molecule has 31 heavy (non-hydrogen) atoms. The minimum absolute atomic E-state index is 0.0618. The fourth-order valence-corrected chi connectivity index (χ4v) is 5.02. The zero-order valence-electron chi connectivity index (χ0n) is 17.9. The average molecular weight is 465 g/mol. The van der Waals surface area contributed by atoms with Crippen LogP contribution in [0.5, 0.6) is 0 Å². The van der Waals surface area contributed by atoms with Gasteiger partial charge in [-0.2, -0.15) is 0 Å². The molecule has 0 aromatic heterocycles. The molecule has 168 valence electrons. The maximum absolute atomic E-state index is 12.8. The molecule has 2 N–H and O–H groups in total. The highest BCUT2D eigenvalue weighted by Gasteiger charge is 2.21. The monoisotopic (exact) mass is 464 g/mol. The molecule has 1 fully saturated rings. The van der Waals surface area contributed by atoms with Crippen molar-refractivity contribution in [2.24, 2.45) is 0 Å². The van der Waals surface area contributed by atoms with Crippen molar-refractivity contribution < 1.29 is 13.2 Å². The molecule has 2 aromatic rings. The Morgan fingerprint density at radius 1 is 1.10 bits per heavy atom. The molecule has 0 aliphatic carbocycles. The normalized spacial score (nSPS) is 15.6. The standard InChI is InChI=1S/C22H29ClN4O3S/c1-17-5-3-6-19(15-17)25-31(29,30)21-16-18(7-8-20(21)23)22(28)24-9-4-10-27-13-11-26(2)12-14-27/h3,5-8,15-16,25H,4,9-14H2,1-2H3,(H,24,28). The van der Waals surface area contributed by atoms with Gasteiger partial charge >= 0.3 is 0 Å².